The van der Waals surface area contributed by atoms with Crippen LogP contribution in [0.25, 0.3) is 11.3 Å². The van der Waals surface area contributed by atoms with Crippen molar-refractivity contribution < 1.29 is 14.3 Å². The summed E-state index contributed by atoms with van der Waals surface area (Å²) in [5.41, 5.74) is 2.65. The Morgan fingerprint density at radius 1 is 1.11 bits per heavy atom. The summed E-state index contributed by atoms with van der Waals surface area (Å²) in [7, 11) is 1.49. The number of amides is 2. The molecule has 0 spiro atoms. The van der Waals surface area contributed by atoms with Crippen molar-refractivity contribution in [1.82, 2.24) is 4.98 Å². The van der Waals surface area contributed by atoms with Crippen molar-refractivity contribution in [3.8, 4) is 17.0 Å². The molecule has 0 saturated carbocycles. The summed E-state index contributed by atoms with van der Waals surface area (Å²) >= 11 is 7.29. The third kappa shape index (κ3) is 4.64. The Balaban J connectivity index is 1.75. The highest BCUT2D eigenvalue weighted by Gasteiger charge is 2.15. The van der Waals surface area contributed by atoms with E-state index >= 15 is 0 Å². The minimum absolute atomic E-state index is 0.127. The summed E-state index contributed by atoms with van der Waals surface area (Å²) in [6.07, 6.45) is 0. The van der Waals surface area contributed by atoms with Crippen LogP contribution in [0.4, 0.5) is 10.8 Å². The van der Waals surface area contributed by atoms with Gasteiger partial charge < -0.3 is 10.1 Å². The van der Waals surface area contributed by atoms with Crippen LogP contribution in [0.3, 0.4) is 0 Å². The van der Waals surface area contributed by atoms with Crippen molar-refractivity contribution >= 4 is 45.6 Å². The van der Waals surface area contributed by atoms with Gasteiger partial charge in [-0.2, -0.15) is 0 Å². The predicted molar refractivity (Wildman–Crippen MR) is 108 cm³/mol. The zero-order valence-electron chi connectivity index (χ0n) is 14.6. The Kier molecular flexibility index (Phi) is 5.73. The first-order valence-corrected chi connectivity index (χ1v) is 9.20. The van der Waals surface area contributed by atoms with Crippen LogP contribution in [-0.2, 0) is 4.79 Å². The maximum Gasteiger partial charge on any atom is 0.261 e. The van der Waals surface area contributed by atoms with E-state index in [1.165, 1.54) is 25.4 Å². The first-order valence-electron chi connectivity index (χ1n) is 7.94. The standard InChI is InChI=1S/C19H16ClN3O3S/c1-11(24)21-14-6-3-12(4-7-14)16-10-27-19(22-16)23-18(25)15-9-13(20)5-8-17(15)26-2/h3-10H,1-2H3,(H,21,24)(H,22,23,25). The number of rotatable bonds is 5. The number of thiazole rings is 1. The molecule has 0 radical (unpaired) electrons. The van der Waals surface area contributed by atoms with Gasteiger partial charge in [0.25, 0.3) is 5.91 Å². The summed E-state index contributed by atoms with van der Waals surface area (Å²) < 4.78 is 5.21. The minimum Gasteiger partial charge on any atom is -0.496 e. The van der Waals surface area contributed by atoms with Crippen LogP contribution >= 0.6 is 22.9 Å². The fourth-order valence-corrected chi connectivity index (χ4v) is 3.30. The topological polar surface area (TPSA) is 80.3 Å². The number of carbonyl (C=O) groups is 2. The maximum atomic E-state index is 12.5. The van der Waals surface area contributed by atoms with Crippen LogP contribution in [0.1, 0.15) is 17.3 Å². The molecule has 0 aliphatic carbocycles. The molecule has 2 aromatic carbocycles. The molecular weight excluding hydrogens is 386 g/mol. The van der Waals surface area contributed by atoms with E-state index < -0.39 is 0 Å². The summed E-state index contributed by atoms with van der Waals surface area (Å²) in [6.45, 7) is 1.46. The van der Waals surface area contributed by atoms with Gasteiger partial charge in [0.05, 0.1) is 18.4 Å². The molecule has 8 heteroatoms. The molecular formula is C19H16ClN3O3S. The largest absolute Gasteiger partial charge is 0.496 e. The van der Waals surface area contributed by atoms with Gasteiger partial charge in [-0.1, -0.05) is 23.7 Å². The number of hydrogen-bond donors (Lipinski definition) is 2. The Labute approximate surface area is 165 Å². The minimum atomic E-state index is -0.351. The predicted octanol–water partition coefficient (Wildman–Crippen LogP) is 4.68. The quantitative estimate of drug-likeness (QED) is 0.650. The molecule has 0 aliphatic heterocycles. The number of ether oxygens (including phenoxy) is 1. The van der Waals surface area contributed by atoms with Crippen LogP contribution in [0, 0.1) is 0 Å². The van der Waals surface area contributed by atoms with Crippen LogP contribution in [0.15, 0.2) is 47.8 Å². The number of nitrogens with zero attached hydrogens (tertiary/aromatic N) is 1. The summed E-state index contributed by atoms with van der Waals surface area (Å²) in [4.78, 5) is 28.0. The molecule has 1 aromatic heterocycles. The number of benzene rings is 2. The highest BCUT2D eigenvalue weighted by molar-refractivity contribution is 7.14. The van der Waals surface area contributed by atoms with Crippen molar-refractivity contribution in [2.75, 3.05) is 17.7 Å². The molecule has 2 N–H and O–H groups in total. The second kappa shape index (κ2) is 8.20. The maximum absolute atomic E-state index is 12.5. The number of aromatic nitrogens is 1. The second-order valence-corrected chi connectivity index (χ2v) is 6.89. The lowest BCUT2D eigenvalue weighted by atomic mass is 10.1. The average Bonchev–Trinajstić information content (AvgIpc) is 3.10. The van der Waals surface area contributed by atoms with Crippen molar-refractivity contribution in [2.45, 2.75) is 6.92 Å². The molecule has 27 heavy (non-hydrogen) atoms. The van der Waals surface area contributed by atoms with Crippen molar-refractivity contribution in [1.29, 1.82) is 0 Å². The Morgan fingerprint density at radius 3 is 2.52 bits per heavy atom. The fraction of sp³-hybridized carbons (Fsp3) is 0.105. The Morgan fingerprint density at radius 2 is 1.85 bits per heavy atom. The van der Waals surface area contributed by atoms with E-state index in [4.69, 9.17) is 16.3 Å². The number of methoxy groups -OCH3 is 1. The smallest absolute Gasteiger partial charge is 0.261 e. The Bertz CT molecular complexity index is 986. The monoisotopic (exact) mass is 401 g/mol. The van der Waals surface area contributed by atoms with E-state index in [1.807, 2.05) is 17.5 Å². The number of anilines is 2. The van der Waals surface area contributed by atoms with E-state index in [0.717, 1.165) is 11.3 Å². The van der Waals surface area contributed by atoms with Gasteiger partial charge in [0.15, 0.2) is 5.13 Å². The molecule has 0 aliphatic rings. The first-order chi connectivity index (χ1) is 13.0. The van der Waals surface area contributed by atoms with Crippen molar-refractivity contribution in [3.05, 3.63) is 58.4 Å². The van der Waals surface area contributed by atoms with E-state index in [2.05, 4.69) is 15.6 Å². The molecule has 0 bridgehead atoms. The van der Waals surface area contributed by atoms with E-state index in [9.17, 15) is 9.59 Å². The van der Waals surface area contributed by atoms with E-state index in [0.29, 0.717) is 27.2 Å². The van der Waals surface area contributed by atoms with Crippen LogP contribution in [-0.4, -0.2) is 23.9 Å². The van der Waals surface area contributed by atoms with Crippen LogP contribution in [0.2, 0.25) is 5.02 Å². The summed E-state index contributed by atoms with van der Waals surface area (Å²) in [5, 5.41) is 8.22. The van der Waals surface area contributed by atoms with Crippen molar-refractivity contribution in [3.63, 3.8) is 0 Å². The van der Waals surface area contributed by atoms with Gasteiger partial charge in [-0.25, -0.2) is 4.98 Å². The average molecular weight is 402 g/mol. The zero-order chi connectivity index (χ0) is 19.4. The molecule has 0 atom stereocenters. The summed E-state index contributed by atoms with van der Waals surface area (Å²) in [6, 6.07) is 12.1. The van der Waals surface area contributed by atoms with Gasteiger partial charge in [-0.3, -0.25) is 14.9 Å². The van der Waals surface area contributed by atoms with Crippen LogP contribution in [0.5, 0.6) is 5.75 Å². The van der Waals surface area contributed by atoms with Crippen molar-refractivity contribution in [2.24, 2.45) is 0 Å². The normalized spacial score (nSPS) is 10.3. The van der Waals surface area contributed by atoms with Gasteiger partial charge in [0.1, 0.15) is 5.75 Å². The van der Waals surface area contributed by atoms with Gasteiger partial charge in [-0.05, 0) is 30.3 Å². The molecule has 3 aromatic rings. The first kappa shape index (κ1) is 18.9. The molecule has 6 nitrogen and oxygen atoms in total. The highest BCUT2D eigenvalue weighted by Crippen LogP contribution is 2.28. The molecule has 0 saturated heterocycles. The Hall–Kier alpha value is -2.90. The molecule has 3 rings (SSSR count). The number of carbonyl (C=O) groups excluding carboxylic acids is 2. The molecule has 1 heterocycles. The van der Waals surface area contributed by atoms with E-state index in [-0.39, 0.29) is 11.8 Å². The summed E-state index contributed by atoms with van der Waals surface area (Å²) in [5.74, 6) is -0.0450. The van der Waals surface area contributed by atoms with Gasteiger partial charge >= 0.3 is 0 Å². The number of halogens is 1. The molecule has 2 amide bonds. The fourth-order valence-electron chi connectivity index (χ4n) is 2.41. The SMILES string of the molecule is COc1ccc(Cl)cc1C(=O)Nc1nc(-c2ccc(NC(C)=O)cc2)cs1. The molecule has 0 fully saturated rings. The zero-order valence-corrected chi connectivity index (χ0v) is 16.1. The highest BCUT2D eigenvalue weighted by atomic mass is 35.5. The lowest BCUT2D eigenvalue weighted by Gasteiger charge is -2.08. The molecule has 0 unspecified atom stereocenters. The second-order valence-electron chi connectivity index (χ2n) is 5.60. The van der Waals surface area contributed by atoms with Gasteiger partial charge in [0, 0.05) is 28.6 Å². The third-order valence-electron chi connectivity index (χ3n) is 3.63. The number of nitrogens with one attached hydrogen (secondary N) is 2. The van der Waals surface area contributed by atoms with Gasteiger partial charge in [0.2, 0.25) is 5.91 Å². The van der Waals surface area contributed by atoms with Gasteiger partial charge in [-0.15, -0.1) is 11.3 Å². The molecule has 138 valence electrons. The van der Waals surface area contributed by atoms with Crippen LogP contribution < -0.4 is 15.4 Å². The lowest BCUT2D eigenvalue weighted by Crippen LogP contribution is -2.13. The van der Waals surface area contributed by atoms with E-state index in [1.54, 1.807) is 30.3 Å². The third-order valence-corrected chi connectivity index (χ3v) is 4.62. The lowest BCUT2D eigenvalue weighted by molar-refractivity contribution is -0.114. The number of hydrogen-bond acceptors (Lipinski definition) is 5.